The van der Waals surface area contributed by atoms with Crippen LogP contribution in [-0.2, 0) is 15.9 Å². The molecule has 3 heterocycles. The van der Waals surface area contributed by atoms with Crippen molar-refractivity contribution in [2.75, 3.05) is 37.7 Å². The van der Waals surface area contributed by atoms with Crippen LogP contribution in [0.2, 0.25) is 0 Å². The molecule has 3 atom stereocenters. The van der Waals surface area contributed by atoms with E-state index in [0.29, 0.717) is 0 Å². The molecule has 0 radical (unpaired) electrons. The summed E-state index contributed by atoms with van der Waals surface area (Å²) in [4.78, 5) is 16.8. The van der Waals surface area contributed by atoms with Crippen molar-refractivity contribution in [2.24, 2.45) is 5.41 Å². The average Bonchev–Trinajstić information content (AvgIpc) is 3.03. The van der Waals surface area contributed by atoms with Gasteiger partial charge in [-0.25, -0.2) is 9.18 Å². The lowest BCUT2D eigenvalue weighted by Crippen LogP contribution is -2.62. The van der Waals surface area contributed by atoms with E-state index >= 15 is 4.39 Å². The number of hydrogen-bond donors (Lipinski definition) is 0. The van der Waals surface area contributed by atoms with Crippen LogP contribution in [0.4, 0.5) is 14.9 Å². The lowest BCUT2D eigenvalue weighted by Gasteiger charge is -2.54. The number of halogens is 1. The number of carbonyl (C=O) groups excluding carboxylic acids is 1. The Morgan fingerprint density at radius 2 is 1.70 bits per heavy atom. The highest BCUT2D eigenvalue weighted by molar-refractivity contribution is 5.69. The summed E-state index contributed by atoms with van der Waals surface area (Å²) in [6, 6.07) is 22.7. The predicted molar refractivity (Wildman–Crippen MR) is 178 cm³/mol. The summed E-state index contributed by atoms with van der Waals surface area (Å²) >= 11 is 0. The highest BCUT2D eigenvalue weighted by atomic mass is 19.1. The summed E-state index contributed by atoms with van der Waals surface area (Å²) in [6.07, 6.45) is 6.65. The molecule has 0 aromatic heterocycles. The first kappa shape index (κ1) is 31.0. The third kappa shape index (κ3) is 6.48. The van der Waals surface area contributed by atoms with Gasteiger partial charge in [-0.2, -0.15) is 0 Å². The van der Waals surface area contributed by atoms with Crippen molar-refractivity contribution in [2.45, 2.75) is 89.4 Å². The Labute approximate surface area is 272 Å². The molecule has 0 saturated carbocycles. The molecule has 0 bridgehead atoms. The third-order valence-corrected chi connectivity index (χ3v) is 10.4. The van der Waals surface area contributed by atoms with Gasteiger partial charge in [-0.1, -0.05) is 36.4 Å². The van der Waals surface area contributed by atoms with Crippen molar-refractivity contribution < 1.29 is 23.4 Å². The van der Waals surface area contributed by atoms with Crippen LogP contribution in [0.1, 0.15) is 93.4 Å². The molecule has 4 aliphatic rings. The first-order valence-corrected chi connectivity index (χ1v) is 17.1. The molecule has 1 spiro atoms. The van der Waals surface area contributed by atoms with Crippen LogP contribution in [-0.4, -0.2) is 55.7 Å². The van der Waals surface area contributed by atoms with E-state index in [1.165, 1.54) is 22.4 Å². The van der Waals surface area contributed by atoms with Crippen LogP contribution in [0, 0.1) is 11.2 Å². The molecule has 1 amide bonds. The molecule has 3 aromatic rings. The maximum absolute atomic E-state index is 15.2. The number of fused-ring (bicyclic) bond motifs is 1. The Kier molecular flexibility index (Phi) is 8.47. The summed E-state index contributed by atoms with van der Waals surface area (Å²) in [5.74, 6) is 0.825. The molecule has 7 heteroatoms. The maximum Gasteiger partial charge on any atom is 0.410 e. The second-order valence-electron chi connectivity index (χ2n) is 14.8. The van der Waals surface area contributed by atoms with Gasteiger partial charge in [0.25, 0.3) is 0 Å². The third-order valence-electron chi connectivity index (χ3n) is 10.4. The van der Waals surface area contributed by atoms with Crippen LogP contribution in [0.3, 0.4) is 0 Å². The Morgan fingerprint density at radius 3 is 2.39 bits per heavy atom. The van der Waals surface area contributed by atoms with Gasteiger partial charge in [0.1, 0.15) is 17.2 Å². The number of carbonyl (C=O) groups is 1. The fourth-order valence-corrected chi connectivity index (χ4v) is 8.02. The molecule has 3 saturated heterocycles. The van der Waals surface area contributed by atoms with E-state index in [2.05, 4.69) is 47.4 Å². The van der Waals surface area contributed by atoms with E-state index in [9.17, 15) is 4.79 Å². The zero-order valence-electron chi connectivity index (χ0n) is 27.5. The van der Waals surface area contributed by atoms with Gasteiger partial charge in [0, 0.05) is 49.6 Å². The molecule has 1 unspecified atom stereocenters. The Hall–Kier alpha value is -3.58. The van der Waals surface area contributed by atoms with Gasteiger partial charge in [-0.05, 0) is 118 Å². The number of ether oxygens (including phenoxy) is 3. The van der Waals surface area contributed by atoms with Crippen LogP contribution in [0.15, 0.2) is 66.7 Å². The van der Waals surface area contributed by atoms with Gasteiger partial charge >= 0.3 is 6.09 Å². The van der Waals surface area contributed by atoms with Gasteiger partial charge < -0.3 is 24.0 Å². The number of aryl methyl sites for hydroxylation is 1. The van der Waals surface area contributed by atoms with Crippen LogP contribution >= 0.6 is 0 Å². The molecule has 3 fully saturated rings. The van der Waals surface area contributed by atoms with Crippen molar-refractivity contribution in [1.82, 2.24) is 4.90 Å². The highest BCUT2D eigenvalue weighted by Crippen LogP contribution is 2.48. The summed E-state index contributed by atoms with van der Waals surface area (Å²) in [5, 5.41) is 0. The quantitative estimate of drug-likeness (QED) is 0.285. The zero-order chi connectivity index (χ0) is 31.9. The zero-order valence-corrected chi connectivity index (χ0v) is 27.5. The van der Waals surface area contributed by atoms with Crippen LogP contribution < -0.4 is 9.64 Å². The van der Waals surface area contributed by atoms with Crippen molar-refractivity contribution in [3.8, 4) is 5.75 Å². The summed E-state index contributed by atoms with van der Waals surface area (Å²) in [6.45, 7) is 10.0. The maximum atomic E-state index is 15.2. The van der Waals surface area contributed by atoms with Gasteiger partial charge in [0.2, 0.25) is 0 Å². The Balaban J connectivity index is 1.07. The fourth-order valence-electron chi connectivity index (χ4n) is 8.02. The van der Waals surface area contributed by atoms with E-state index in [4.69, 9.17) is 14.2 Å². The van der Waals surface area contributed by atoms with E-state index in [1.807, 2.05) is 37.8 Å². The van der Waals surface area contributed by atoms with Gasteiger partial charge in [0.15, 0.2) is 6.29 Å². The summed E-state index contributed by atoms with van der Waals surface area (Å²) in [5.41, 5.74) is 5.49. The minimum atomic E-state index is -0.467. The number of nitrogens with zero attached hydrogens (tertiary/aromatic N) is 2. The molecule has 1 aliphatic carbocycles. The van der Waals surface area contributed by atoms with Crippen molar-refractivity contribution in [3.05, 3.63) is 94.8 Å². The number of anilines is 1. The molecule has 0 N–H and O–H groups in total. The van der Waals surface area contributed by atoms with Crippen molar-refractivity contribution in [3.63, 3.8) is 0 Å². The second-order valence-corrected chi connectivity index (χ2v) is 14.8. The molecule has 7 rings (SSSR count). The molecule has 46 heavy (non-hydrogen) atoms. The standard InChI is InChI=1S/C39H47FN2O4/c1-38(2,3)46-37(43)42-25-39(26-42)19-21-41(22-20-39)29-14-11-27(12-15-29)36-31-18-16-30(45-35-10-6-7-23-44-35)24-28(31)13-17-33(36)32-8-4-5-9-34(32)40/h4-5,8-9,11-12,14-16,18,24,33,35-36H,6-7,10,13,17,19-23,25-26H2,1-3H3/t33-,35?,36-/m1/s1. The SMILES string of the molecule is CC(C)(C)OC(=O)N1CC2(CCN(c3ccc([C@@H]4c5ccc(OC6CCCCO6)cc5CC[C@@H]4c4ccccc4F)cc3)CC2)C1. The Bertz CT molecular complexity index is 1530. The molecule has 3 aliphatic heterocycles. The lowest BCUT2D eigenvalue weighted by atomic mass is 9.69. The van der Waals surface area contributed by atoms with Crippen LogP contribution in [0.25, 0.3) is 0 Å². The predicted octanol–water partition coefficient (Wildman–Crippen LogP) is 8.43. The van der Waals surface area contributed by atoms with Gasteiger partial charge in [0.05, 0.1) is 6.61 Å². The number of hydrogen-bond acceptors (Lipinski definition) is 5. The number of benzene rings is 3. The molecular formula is C39H47FN2O4. The topological polar surface area (TPSA) is 51.2 Å². The minimum absolute atomic E-state index is 0.0492. The van der Waals surface area contributed by atoms with Crippen molar-refractivity contribution in [1.29, 1.82) is 0 Å². The van der Waals surface area contributed by atoms with Crippen LogP contribution in [0.5, 0.6) is 5.75 Å². The molecule has 6 nitrogen and oxygen atoms in total. The molecule has 3 aromatic carbocycles. The second kappa shape index (κ2) is 12.6. The monoisotopic (exact) mass is 626 g/mol. The van der Waals surface area contributed by atoms with E-state index in [0.717, 1.165) is 89.0 Å². The van der Waals surface area contributed by atoms with Gasteiger partial charge in [-0.15, -0.1) is 0 Å². The number of rotatable bonds is 5. The lowest BCUT2D eigenvalue weighted by molar-refractivity contribution is -0.105. The smallest absolute Gasteiger partial charge is 0.410 e. The first-order chi connectivity index (χ1) is 22.2. The molecular weight excluding hydrogens is 579 g/mol. The van der Waals surface area contributed by atoms with Crippen molar-refractivity contribution >= 4 is 11.8 Å². The Morgan fingerprint density at radius 1 is 0.935 bits per heavy atom. The highest BCUT2D eigenvalue weighted by Gasteiger charge is 2.48. The fraction of sp³-hybridized carbons (Fsp3) is 0.513. The molecule has 244 valence electrons. The van der Waals surface area contributed by atoms with E-state index in [-0.39, 0.29) is 35.5 Å². The summed E-state index contributed by atoms with van der Waals surface area (Å²) < 4.78 is 32.9. The normalized spacial score (nSPS) is 24.2. The largest absolute Gasteiger partial charge is 0.465 e. The van der Waals surface area contributed by atoms with E-state index in [1.54, 1.807) is 12.1 Å². The summed E-state index contributed by atoms with van der Waals surface area (Å²) in [7, 11) is 0. The first-order valence-electron chi connectivity index (χ1n) is 17.1. The average molecular weight is 627 g/mol. The van der Waals surface area contributed by atoms with E-state index < -0.39 is 5.60 Å². The number of likely N-dealkylation sites (tertiary alicyclic amines) is 1. The van der Waals surface area contributed by atoms with Gasteiger partial charge in [-0.3, -0.25) is 0 Å². The number of piperidine rings is 1. The minimum Gasteiger partial charge on any atom is -0.465 e. The number of amides is 1.